The summed E-state index contributed by atoms with van der Waals surface area (Å²) in [5.74, 6) is 1.68. The van der Waals surface area contributed by atoms with Crippen molar-refractivity contribution in [2.45, 2.75) is 30.0 Å². The van der Waals surface area contributed by atoms with Crippen LogP contribution >= 0.6 is 46.0 Å². The summed E-state index contributed by atoms with van der Waals surface area (Å²) in [6.45, 7) is 3.42. The van der Waals surface area contributed by atoms with E-state index in [0.717, 1.165) is 73.8 Å². The molecule has 0 atom stereocenters. The summed E-state index contributed by atoms with van der Waals surface area (Å²) >= 11 is 10.8. The topological polar surface area (TPSA) is 72.1 Å². The highest BCUT2D eigenvalue weighted by molar-refractivity contribution is 8.01. The summed E-state index contributed by atoms with van der Waals surface area (Å²) in [6.07, 6.45) is 1.83. The molecule has 0 aliphatic carbocycles. The van der Waals surface area contributed by atoms with Crippen molar-refractivity contribution in [3.63, 3.8) is 0 Å². The van der Waals surface area contributed by atoms with Gasteiger partial charge in [0.25, 0.3) is 0 Å². The zero-order valence-electron chi connectivity index (χ0n) is 20.0. The van der Waals surface area contributed by atoms with Crippen LogP contribution in [0.15, 0.2) is 62.8 Å². The van der Waals surface area contributed by atoms with Gasteiger partial charge in [0.05, 0.1) is 32.2 Å². The van der Waals surface area contributed by atoms with Gasteiger partial charge < -0.3 is 9.42 Å². The molecule has 10 heteroatoms. The van der Waals surface area contributed by atoms with Crippen LogP contribution in [0.5, 0.6) is 0 Å². The van der Waals surface area contributed by atoms with Gasteiger partial charge in [0, 0.05) is 35.0 Å². The Hall–Kier alpha value is -2.72. The lowest BCUT2D eigenvalue weighted by Crippen LogP contribution is -2.38. The molecule has 1 aliphatic heterocycles. The molecule has 0 spiro atoms. The van der Waals surface area contributed by atoms with Gasteiger partial charge in [0.1, 0.15) is 11.5 Å². The standard InChI is InChI=1S/C27H23ClN4O2S3/c1-16-24(25(31-34-16)17-5-3-2-4-6-17)21-14-35-26(29-21)18-9-11-32(12-10-18)23(33)15-36-27-30-20-13-19(28)7-8-22(20)37-27/h2-8,13-14,18H,9-12,15H2,1H3. The monoisotopic (exact) mass is 566 g/mol. The SMILES string of the molecule is Cc1onc(-c2ccccc2)c1-c1csc(C2CCN(C(=O)CSc3nc4cc(Cl)ccc4s3)CC2)n1. The van der Waals surface area contributed by atoms with Gasteiger partial charge in [-0.2, -0.15) is 0 Å². The number of hydrogen-bond donors (Lipinski definition) is 0. The second-order valence-corrected chi connectivity index (χ2v) is 12.5. The first-order valence-corrected chi connectivity index (χ1v) is 15.1. The van der Waals surface area contributed by atoms with Crippen molar-refractivity contribution >= 4 is 62.2 Å². The molecule has 1 saturated heterocycles. The van der Waals surface area contributed by atoms with Gasteiger partial charge in [-0.1, -0.05) is 58.9 Å². The minimum absolute atomic E-state index is 0.160. The molecule has 0 bridgehead atoms. The number of nitrogens with zero attached hydrogens (tertiary/aromatic N) is 4. The summed E-state index contributed by atoms with van der Waals surface area (Å²) in [5, 5.41) is 8.19. The van der Waals surface area contributed by atoms with Crippen LogP contribution in [0.3, 0.4) is 0 Å². The van der Waals surface area contributed by atoms with E-state index in [0.29, 0.717) is 16.7 Å². The Labute approximate surface area is 231 Å². The van der Waals surface area contributed by atoms with E-state index in [9.17, 15) is 4.79 Å². The summed E-state index contributed by atoms with van der Waals surface area (Å²) in [4.78, 5) is 24.5. The highest BCUT2D eigenvalue weighted by atomic mass is 35.5. The number of thiazole rings is 2. The Morgan fingerprint density at radius 3 is 2.78 bits per heavy atom. The number of piperidine rings is 1. The molecule has 0 radical (unpaired) electrons. The van der Waals surface area contributed by atoms with Crippen LogP contribution in [0.25, 0.3) is 32.7 Å². The van der Waals surface area contributed by atoms with Crippen molar-refractivity contribution in [3.05, 3.63) is 69.7 Å². The number of likely N-dealkylation sites (tertiary alicyclic amines) is 1. The summed E-state index contributed by atoms with van der Waals surface area (Å²) in [6, 6.07) is 15.8. The number of amides is 1. The van der Waals surface area contributed by atoms with E-state index in [1.54, 1.807) is 22.7 Å². The number of carbonyl (C=O) groups excluding carboxylic acids is 1. The molecule has 37 heavy (non-hydrogen) atoms. The van der Waals surface area contributed by atoms with Crippen LogP contribution in [0, 0.1) is 6.92 Å². The Kier molecular flexibility index (Phi) is 7.03. The molecule has 3 aromatic heterocycles. The third kappa shape index (κ3) is 5.18. The fourth-order valence-electron chi connectivity index (χ4n) is 4.59. The van der Waals surface area contributed by atoms with E-state index in [1.807, 2.05) is 60.4 Å². The van der Waals surface area contributed by atoms with E-state index < -0.39 is 0 Å². The summed E-state index contributed by atoms with van der Waals surface area (Å²) in [7, 11) is 0. The van der Waals surface area contributed by atoms with Gasteiger partial charge in [0.15, 0.2) is 4.34 Å². The Morgan fingerprint density at radius 2 is 1.97 bits per heavy atom. The minimum Gasteiger partial charge on any atom is -0.360 e. The van der Waals surface area contributed by atoms with Gasteiger partial charge in [-0.05, 0) is 38.0 Å². The second-order valence-electron chi connectivity index (χ2n) is 8.93. The Morgan fingerprint density at radius 1 is 1.16 bits per heavy atom. The average molecular weight is 567 g/mol. The van der Waals surface area contributed by atoms with Crippen molar-refractivity contribution < 1.29 is 9.32 Å². The third-order valence-corrected chi connectivity index (χ3v) is 9.94. The molecule has 2 aromatic carbocycles. The van der Waals surface area contributed by atoms with E-state index in [4.69, 9.17) is 21.1 Å². The first kappa shape index (κ1) is 24.6. The predicted octanol–water partition coefficient (Wildman–Crippen LogP) is 7.53. The predicted molar refractivity (Wildman–Crippen MR) is 152 cm³/mol. The molecular formula is C27H23ClN4O2S3. The summed E-state index contributed by atoms with van der Waals surface area (Å²) in [5.41, 5.74) is 4.58. The van der Waals surface area contributed by atoms with Crippen LogP contribution in [0.2, 0.25) is 5.02 Å². The number of hydrogen-bond acceptors (Lipinski definition) is 8. The van der Waals surface area contributed by atoms with Crippen LogP contribution in [-0.2, 0) is 4.79 Å². The smallest absolute Gasteiger partial charge is 0.233 e. The average Bonchev–Trinajstić information content (AvgIpc) is 3.65. The first-order valence-electron chi connectivity index (χ1n) is 12.0. The molecule has 6 rings (SSSR count). The largest absolute Gasteiger partial charge is 0.360 e. The molecule has 0 N–H and O–H groups in total. The molecule has 1 aliphatic rings. The number of thioether (sulfide) groups is 1. The number of rotatable bonds is 6. The zero-order chi connectivity index (χ0) is 25.4. The van der Waals surface area contributed by atoms with Crippen molar-refractivity contribution in [2.24, 2.45) is 0 Å². The van der Waals surface area contributed by atoms with Crippen LogP contribution in [0.4, 0.5) is 0 Å². The second kappa shape index (κ2) is 10.6. The molecular weight excluding hydrogens is 544 g/mol. The Balaban J connectivity index is 1.07. The molecule has 0 unspecified atom stereocenters. The molecule has 5 aromatic rings. The quantitative estimate of drug-likeness (QED) is 0.198. The molecule has 188 valence electrons. The van der Waals surface area contributed by atoms with Gasteiger partial charge in [-0.3, -0.25) is 4.79 Å². The van der Waals surface area contributed by atoms with E-state index in [-0.39, 0.29) is 5.91 Å². The maximum Gasteiger partial charge on any atom is 0.233 e. The van der Waals surface area contributed by atoms with Crippen molar-refractivity contribution in [2.75, 3.05) is 18.8 Å². The van der Waals surface area contributed by atoms with Crippen LogP contribution in [0.1, 0.15) is 29.5 Å². The molecule has 1 amide bonds. The number of benzene rings is 2. The highest BCUT2D eigenvalue weighted by Gasteiger charge is 2.27. The minimum atomic E-state index is 0.160. The normalized spacial score (nSPS) is 14.5. The fourth-order valence-corrected chi connectivity index (χ4v) is 7.69. The van der Waals surface area contributed by atoms with Gasteiger partial charge in [0.2, 0.25) is 5.91 Å². The first-order chi connectivity index (χ1) is 18.0. The van der Waals surface area contributed by atoms with Gasteiger partial charge in [-0.15, -0.1) is 22.7 Å². The Bertz CT molecular complexity index is 1550. The third-order valence-electron chi connectivity index (χ3n) is 6.53. The number of carbonyl (C=O) groups is 1. The van der Waals surface area contributed by atoms with E-state index in [2.05, 4.69) is 15.5 Å². The molecule has 6 nitrogen and oxygen atoms in total. The lowest BCUT2D eigenvalue weighted by Gasteiger charge is -2.31. The molecule has 1 fully saturated rings. The van der Waals surface area contributed by atoms with Crippen LogP contribution < -0.4 is 0 Å². The fraction of sp³-hybridized carbons (Fsp3) is 0.259. The van der Waals surface area contributed by atoms with Crippen LogP contribution in [-0.4, -0.2) is 44.8 Å². The van der Waals surface area contributed by atoms with E-state index in [1.165, 1.54) is 11.8 Å². The maximum atomic E-state index is 12.9. The lowest BCUT2D eigenvalue weighted by molar-refractivity contribution is -0.129. The highest BCUT2D eigenvalue weighted by Crippen LogP contribution is 2.38. The van der Waals surface area contributed by atoms with Gasteiger partial charge in [-0.25, -0.2) is 9.97 Å². The van der Waals surface area contributed by atoms with E-state index >= 15 is 0 Å². The number of aryl methyl sites for hydroxylation is 1. The maximum absolute atomic E-state index is 12.9. The van der Waals surface area contributed by atoms with Crippen molar-refractivity contribution in [1.29, 1.82) is 0 Å². The van der Waals surface area contributed by atoms with Crippen molar-refractivity contribution in [3.8, 4) is 22.5 Å². The van der Waals surface area contributed by atoms with Crippen molar-refractivity contribution in [1.82, 2.24) is 20.0 Å². The molecule has 4 heterocycles. The lowest BCUT2D eigenvalue weighted by atomic mass is 9.97. The van der Waals surface area contributed by atoms with Gasteiger partial charge >= 0.3 is 0 Å². The number of halogens is 1. The number of aromatic nitrogens is 3. The summed E-state index contributed by atoms with van der Waals surface area (Å²) < 4.78 is 7.52. The zero-order valence-corrected chi connectivity index (χ0v) is 23.2. The number of fused-ring (bicyclic) bond motifs is 1. The molecule has 0 saturated carbocycles.